The lowest BCUT2D eigenvalue weighted by molar-refractivity contribution is 0.346. The first-order valence-electron chi connectivity index (χ1n) is 6.44. The first-order valence-corrected chi connectivity index (χ1v) is 7.67. The summed E-state index contributed by atoms with van der Waals surface area (Å²) in [5.41, 5.74) is 1.09. The summed E-state index contributed by atoms with van der Waals surface area (Å²) in [7, 11) is 0. The summed E-state index contributed by atoms with van der Waals surface area (Å²) in [5, 5.41) is 3.79. The molecule has 1 aromatic rings. The molecule has 0 heterocycles. The zero-order valence-electron chi connectivity index (χ0n) is 10.3. The van der Waals surface area contributed by atoms with Crippen LogP contribution in [-0.4, -0.2) is 11.9 Å². The van der Waals surface area contributed by atoms with E-state index in [0.717, 1.165) is 36.0 Å². The third-order valence-electron chi connectivity index (χ3n) is 3.48. The summed E-state index contributed by atoms with van der Waals surface area (Å²) in [6.45, 7) is 1.76. The van der Waals surface area contributed by atoms with E-state index in [1.54, 1.807) is 0 Å². The van der Waals surface area contributed by atoms with Gasteiger partial charge in [0.05, 0.1) is 0 Å². The Bertz CT molecular complexity index is 399. The highest BCUT2D eigenvalue weighted by atomic mass is 79.9. The summed E-state index contributed by atoms with van der Waals surface area (Å²) in [4.78, 5) is 0. The number of benzene rings is 1. The summed E-state index contributed by atoms with van der Waals surface area (Å²) in [6.07, 6.45) is 4.77. The summed E-state index contributed by atoms with van der Waals surface area (Å²) in [6, 6.07) is 4.82. The molecule has 0 aliphatic heterocycles. The third-order valence-corrected chi connectivity index (χ3v) is 4.62. The minimum absolute atomic E-state index is 0.206. The predicted molar refractivity (Wildman–Crippen MR) is 77.4 cm³/mol. The second-order valence-corrected chi connectivity index (χ2v) is 6.47. The Hall–Kier alpha value is -0.120. The smallest absolute Gasteiger partial charge is 0.124 e. The molecule has 1 nitrogen and oxygen atoms in total. The fraction of sp³-hybridized carbons (Fsp3) is 0.571. The van der Waals surface area contributed by atoms with E-state index in [1.165, 1.54) is 25.0 Å². The summed E-state index contributed by atoms with van der Waals surface area (Å²) < 4.78 is 13.8. The van der Waals surface area contributed by atoms with Gasteiger partial charge in [-0.15, -0.1) is 11.6 Å². The fourth-order valence-electron chi connectivity index (χ4n) is 2.49. The van der Waals surface area contributed by atoms with Crippen LogP contribution in [0.4, 0.5) is 4.39 Å². The van der Waals surface area contributed by atoms with Gasteiger partial charge in [0.2, 0.25) is 0 Å². The average molecular weight is 335 g/mol. The first-order chi connectivity index (χ1) is 8.65. The van der Waals surface area contributed by atoms with Gasteiger partial charge in [-0.2, -0.15) is 0 Å². The molecule has 2 atom stereocenters. The van der Waals surface area contributed by atoms with Gasteiger partial charge in [-0.1, -0.05) is 28.4 Å². The molecule has 100 valence electrons. The van der Waals surface area contributed by atoms with E-state index < -0.39 is 0 Å². The molecule has 1 fully saturated rings. The van der Waals surface area contributed by atoms with Crippen LogP contribution in [-0.2, 0) is 6.54 Å². The second kappa shape index (κ2) is 6.88. The van der Waals surface area contributed by atoms with Gasteiger partial charge in [0.15, 0.2) is 0 Å². The van der Waals surface area contributed by atoms with Crippen LogP contribution in [0.15, 0.2) is 22.7 Å². The monoisotopic (exact) mass is 333 g/mol. The van der Waals surface area contributed by atoms with E-state index in [-0.39, 0.29) is 5.82 Å². The largest absolute Gasteiger partial charge is 0.312 e. The van der Waals surface area contributed by atoms with Crippen molar-refractivity contribution in [2.24, 2.45) is 5.92 Å². The predicted octanol–water partition coefficient (Wildman–Crippen LogP) is 4.48. The van der Waals surface area contributed by atoms with Crippen LogP contribution < -0.4 is 5.32 Å². The normalized spacial score (nSPS) is 24.2. The molecule has 1 saturated carbocycles. The quantitative estimate of drug-likeness (QED) is 0.801. The first kappa shape index (κ1) is 14.3. The number of hydrogen-bond acceptors (Lipinski definition) is 1. The zero-order chi connectivity index (χ0) is 13.0. The van der Waals surface area contributed by atoms with Gasteiger partial charge in [0.1, 0.15) is 5.82 Å². The molecule has 2 unspecified atom stereocenters. The minimum atomic E-state index is -0.206. The molecule has 2 rings (SSSR count). The number of alkyl halides is 1. The van der Waals surface area contributed by atoms with Crippen LogP contribution in [0.2, 0.25) is 0 Å². The highest BCUT2D eigenvalue weighted by Gasteiger charge is 2.19. The van der Waals surface area contributed by atoms with Gasteiger partial charge in [-0.05, 0) is 49.4 Å². The van der Waals surface area contributed by atoms with Crippen LogP contribution in [0.25, 0.3) is 0 Å². The zero-order valence-corrected chi connectivity index (χ0v) is 12.6. The Kier molecular flexibility index (Phi) is 5.46. The molecule has 18 heavy (non-hydrogen) atoms. The molecule has 0 radical (unpaired) electrons. The van der Waals surface area contributed by atoms with Gasteiger partial charge in [0.25, 0.3) is 0 Å². The van der Waals surface area contributed by atoms with E-state index >= 15 is 0 Å². The molecule has 1 aromatic carbocycles. The minimum Gasteiger partial charge on any atom is -0.312 e. The van der Waals surface area contributed by atoms with Crippen LogP contribution in [0.5, 0.6) is 0 Å². The van der Waals surface area contributed by atoms with Crippen LogP contribution in [0, 0.1) is 11.7 Å². The lowest BCUT2D eigenvalue weighted by Gasteiger charge is -2.25. The Morgan fingerprint density at radius 2 is 2.22 bits per heavy atom. The molecular weight excluding hydrogens is 317 g/mol. The molecule has 1 N–H and O–H groups in total. The molecule has 0 bridgehead atoms. The van der Waals surface area contributed by atoms with Gasteiger partial charge < -0.3 is 5.32 Å². The van der Waals surface area contributed by atoms with E-state index in [4.69, 9.17) is 11.6 Å². The van der Waals surface area contributed by atoms with Gasteiger partial charge in [-0.3, -0.25) is 0 Å². The average Bonchev–Trinajstić information content (AvgIpc) is 2.32. The topological polar surface area (TPSA) is 12.0 Å². The molecule has 1 aliphatic rings. The molecule has 0 aromatic heterocycles. The van der Waals surface area contributed by atoms with Crippen LogP contribution >= 0.6 is 27.5 Å². The van der Waals surface area contributed by atoms with Crippen molar-refractivity contribution in [3.05, 3.63) is 34.1 Å². The Balaban J connectivity index is 1.77. The van der Waals surface area contributed by atoms with Crippen molar-refractivity contribution in [3.63, 3.8) is 0 Å². The van der Waals surface area contributed by atoms with E-state index in [0.29, 0.717) is 11.3 Å². The maximum atomic E-state index is 12.9. The van der Waals surface area contributed by atoms with Crippen molar-refractivity contribution in [1.82, 2.24) is 5.32 Å². The van der Waals surface area contributed by atoms with E-state index in [2.05, 4.69) is 21.2 Å². The molecule has 1 aliphatic carbocycles. The maximum absolute atomic E-state index is 12.9. The SMILES string of the molecule is Fc1ccc(CNCC2CCCC(Cl)C2)c(Br)c1. The highest BCUT2D eigenvalue weighted by Crippen LogP contribution is 2.27. The van der Waals surface area contributed by atoms with Crippen LogP contribution in [0.1, 0.15) is 31.2 Å². The van der Waals surface area contributed by atoms with Crippen molar-refractivity contribution >= 4 is 27.5 Å². The number of nitrogens with one attached hydrogen (secondary N) is 1. The van der Waals surface area contributed by atoms with Crippen molar-refractivity contribution < 1.29 is 4.39 Å². The Morgan fingerprint density at radius 3 is 2.94 bits per heavy atom. The van der Waals surface area contributed by atoms with E-state index in [9.17, 15) is 4.39 Å². The van der Waals surface area contributed by atoms with Crippen LogP contribution in [0.3, 0.4) is 0 Å². The fourth-order valence-corrected chi connectivity index (χ4v) is 3.38. The molecule has 0 amide bonds. The second-order valence-electron chi connectivity index (χ2n) is 5.00. The van der Waals surface area contributed by atoms with Crippen molar-refractivity contribution in [1.29, 1.82) is 0 Å². The van der Waals surface area contributed by atoms with Gasteiger partial charge >= 0.3 is 0 Å². The Labute approximate surface area is 121 Å². The van der Waals surface area contributed by atoms with Crippen molar-refractivity contribution in [3.8, 4) is 0 Å². The van der Waals surface area contributed by atoms with Crippen molar-refractivity contribution in [2.75, 3.05) is 6.54 Å². The number of halogens is 3. The Morgan fingerprint density at radius 1 is 1.39 bits per heavy atom. The number of rotatable bonds is 4. The van der Waals surface area contributed by atoms with Gasteiger partial charge in [-0.25, -0.2) is 4.39 Å². The third kappa shape index (κ3) is 4.22. The van der Waals surface area contributed by atoms with Gasteiger partial charge in [0, 0.05) is 16.4 Å². The maximum Gasteiger partial charge on any atom is 0.124 e. The number of hydrogen-bond donors (Lipinski definition) is 1. The summed E-state index contributed by atoms with van der Waals surface area (Å²) in [5.74, 6) is 0.475. The molecular formula is C14H18BrClFN. The standard InChI is InChI=1S/C14H18BrClFN/c15-14-7-13(17)5-4-11(14)9-18-8-10-2-1-3-12(16)6-10/h4-5,7,10,12,18H,1-3,6,8-9H2. The molecule has 0 saturated heterocycles. The molecule has 4 heteroatoms. The lowest BCUT2D eigenvalue weighted by Crippen LogP contribution is -2.27. The molecule has 0 spiro atoms. The van der Waals surface area contributed by atoms with Crippen molar-refractivity contribution in [2.45, 2.75) is 37.6 Å². The highest BCUT2D eigenvalue weighted by molar-refractivity contribution is 9.10. The van der Waals surface area contributed by atoms with E-state index in [1.807, 2.05) is 6.07 Å². The lowest BCUT2D eigenvalue weighted by atomic mass is 9.89. The summed E-state index contributed by atoms with van der Waals surface area (Å²) >= 11 is 9.55.